The van der Waals surface area contributed by atoms with Crippen LogP contribution in [0.25, 0.3) is 17.3 Å². The van der Waals surface area contributed by atoms with Crippen molar-refractivity contribution in [3.63, 3.8) is 0 Å². The predicted octanol–water partition coefficient (Wildman–Crippen LogP) is 2.95. The van der Waals surface area contributed by atoms with Gasteiger partial charge in [0.05, 0.1) is 11.4 Å². The summed E-state index contributed by atoms with van der Waals surface area (Å²) >= 11 is 0. The van der Waals surface area contributed by atoms with Crippen molar-refractivity contribution >= 4 is 35.2 Å². The van der Waals surface area contributed by atoms with Crippen molar-refractivity contribution in [2.75, 3.05) is 4.90 Å². The number of anilines is 1. The maximum absolute atomic E-state index is 13.3. The first kappa shape index (κ1) is 28.1. The van der Waals surface area contributed by atoms with Gasteiger partial charge in [-0.3, -0.25) is 24.7 Å². The molecular formula is C31H22N4O8. The van der Waals surface area contributed by atoms with E-state index in [0.29, 0.717) is 16.0 Å². The Kier molecular flexibility index (Phi) is 7.57. The fraction of sp³-hybridized carbons (Fsp3) is 0. The Morgan fingerprint density at radius 3 is 2.09 bits per heavy atom. The molecule has 0 unspecified atom stereocenters. The molecule has 1 aliphatic heterocycles. The largest absolute Gasteiger partial charge is 0.508 e. The van der Waals surface area contributed by atoms with Crippen LogP contribution in [0.4, 0.5) is 10.5 Å². The second kappa shape index (κ2) is 11.6. The maximum atomic E-state index is 13.3. The molecular weight excluding hydrogens is 556 g/mol. The number of urea groups is 1. The van der Waals surface area contributed by atoms with Crippen molar-refractivity contribution in [2.45, 2.75) is 0 Å². The molecule has 2 heterocycles. The van der Waals surface area contributed by atoms with Crippen molar-refractivity contribution in [2.24, 2.45) is 0 Å². The number of aromatic hydroxyl groups is 3. The van der Waals surface area contributed by atoms with Crippen LogP contribution in [0.2, 0.25) is 0 Å². The molecule has 0 atom stereocenters. The summed E-state index contributed by atoms with van der Waals surface area (Å²) in [5, 5.41) is 32.1. The van der Waals surface area contributed by atoms with Gasteiger partial charge in [0.1, 0.15) is 22.6 Å². The number of hydrogen-bond acceptors (Lipinski definition) is 8. The minimum absolute atomic E-state index is 0.0459. The Hall–Kier alpha value is -6.43. The number of carbonyl (C=O) groups is 3. The Labute approximate surface area is 242 Å². The number of allylic oxidation sites excluding steroid dienone is 4. The number of carbonyl (C=O) groups excluding carboxylic acids is 3. The Morgan fingerprint density at radius 1 is 0.767 bits per heavy atom. The molecule has 12 heteroatoms. The first-order chi connectivity index (χ1) is 20.6. The molecule has 3 aromatic carbocycles. The number of aromatic nitrogens is 2. The number of amides is 4. The average Bonchev–Trinajstić information content (AvgIpc) is 2.96. The van der Waals surface area contributed by atoms with Crippen LogP contribution in [-0.4, -0.2) is 42.7 Å². The zero-order chi connectivity index (χ0) is 30.7. The number of rotatable bonds is 6. The Bertz CT molecular complexity index is 1990. The lowest BCUT2D eigenvalue weighted by Gasteiger charge is -2.26. The molecule has 4 aromatic rings. The molecule has 0 aliphatic carbocycles. The van der Waals surface area contributed by atoms with Gasteiger partial charge in [-0.05, 0) is 47.6 Å². The second-order valence-corrected chi connectivity index (χ2v) is 9.17. The van der Waals surface area contributed by atoms with Crippen LogP contribution < -0.4 is 21.5 Å². The van der Waals surface area contributed by atoms with Crippen LogP contribution in [0.3, 0.4) is 0 Å². The zero-order valence-electron chi connectivity index (χ0n) is 22.1. The van der Waals surface area contributed by atoms with Crippen LogP contribution in [0.15, 0.2) is 112 Å². The minimum atomic E-state index is -0.985. The van der Waals surface area contributed by atoms with Crippen LogP contribution in [0, 0.1) is 0 Å². The number of benzene rings is 3. The molecule has 1 aromatic heterocycles. The van der Waals surface area contributed by atoms with Gasteiger partial charge < -0.3 is 15.3 Å². The van der Waals surface area contributed by atoms with Gasteiger partial charge in [0.15, 0.2) is 0 Å². The molecule has 1 saturated heterocycles. The van der Waals surface area contributed by atoms with E-state index in [0.717, 1.165) is 4.57 Å². The molecule has 0 spiro atoms. The molecule has 12 nitrogen and oxygen atoms in total. The maximum Gasteiger partial charge on any atom is 0.335 e. The number of phenolic OH excluding ortho intramolecular Hbond substituents is 2. The highest BCUT2D eigenvalue weighted by molar-refractivity contribution is 6.37. The third-order valence-electron chi connectivity index (χ3n) is 6.36. The number of nitrogens with zero attached hydrogens (tertiary/aromatic N) is 2. The van der Waals surface area contributed by atoms with E-state index in [2.05, 4.69) is 10.3 Å². The molecule has 4 amide bonds. The second-order valence-electron chi connectivity index (χ2n) is 9.17. The summed E-state index contributed by atoms with van der Waals surface area (Å²) in [6, 6.07) is 18.5. The smallest absolute Gasteiger partial charge is 0.335 e. The monoisotopic (exact) mass is 578 g/mol. The van der Waals surface area contributed by atoms with E-state index in [9.17, 15) is 39.3 Å². The van der Waals surface area contributed by atoms with Crippen LogP contribution in [0.1, 0.15) is 11.1 Å². The van der Waals surface area contributed by atoms with E-state index in [1.54, 1.807) is 30.3 Å². The van der Waals surface area contributed by atoms with Crippen molar-refractivity contribution in [1.82, 2.24) is 14.9 Å². The summed E-state index contributed by atoms with van der Waals surface area (Å²) in [6.07, 6.45) is 5.28. The molecule has 1 aliphatic rings. The minimum Gasteiger partial charge on any atom is -0.508 e. The number of H-pyrrole nitrogens is 1. The standard InChI is InChI=1S/C31H22N4O8/c36-22-10-4-8-20(16-22)34-28(40)24(26(38)32-30(34)42)14-12-19(18-6-2-1-3-7-18)13-15-25-27(39)33-31(43)35(29(25)41)21-9-5-11-23(37)17-21/h1-17,36-38H,(H,32,42)(H,33,39,43)/b14-12?,19-13?,25-15-. The van der Waals surface area contributed by atoms with Gasteiger partial charge in [-0.15, -0.1) is 0 Å². The molecule has 0 radical (unpaired) electrons. The number of phenols is 2. The molecule has 0 bridgehead atoms. The topological polar surface area (TPSA) is 182 Å². The van der Waals surface area contributed by atoms with Gasteiger partial charge in [-0.25, -0.2) is 19.1 Å². The van der Waals surface area contributed by atoms with Crippen molar-refractivity contribution < 1.29 is 29.7 Å². The third-order valence-corrected chi connectivity index (χ3v) is 6.36. The quantitative estimate of drug-likeness (QED) is 0.131. The van der Waals surface area contributed by atoms with E-state index in [1.807, 2.05) is 0 Å². The molecule has 1 fully saturated rings. The van der Waals surface area contributed by atoms with Gasteiger partial charge >= 0.3 is 11.7 Å². The van der Waals surface area contributed by atoms with Crippen LogP contribution >= 0.6 is 0 Å². The summed E-state index contributed by atoms with van der Waals surface area (Å²) < 4.78 is 0.741. The summed E-state index contributed by atoms with van der Waals surface area (Å²) in [7, 11) is 0. The lowest BCUT2D eigenvalue weighted by atomic mass is 10.0. The van der Waals surface area contributed by atoms with Gasteiger partial charge in [0.25, 0.3) is 17.4 Å². The summed E-state index contributed by atoms with van der Waals surface area (Å²) in [4.78, 5) is 67.0. The summed E-state index contributed by atoms with van der Waals surface area (Å²) in [5.41, 5.74) is -1.40. The number of nitrogens with one attached hydrogen (secondary N) is 2. The molecule has 43 heavy (non-hydrogen) atoms. The third kappa shape index (κ3) is 5.74. The molecule has 5 rings (SSSR count). The number of aromatic amines is 1. The zero-order valence-corrected chi connectivity index (χ0v) is 22.1. The van der Waals surface area contributed by atoms with Crippen molar-refractivity contribution in [3.8, 4) is 23.1 Å². The molecule has 0 saturated carbocycles. The Balaban J connectivity index is 1.58. The van der Waals surface area contributed by atoms with Gasteiger partial charge in [0, 0.05) is 12.1 Å². The van der Waals surface area contributed by atoms with Gasteiger partial charge in [-0.1, -0.05) is 54.6 Å². The van der Waals surface area contributed by atoms with E-state index in [4.69, 9.17) is 0 Å². The SMILES string of the molecule is O=C1NC(=O)N(c2cccc(O)c2)C(=O)/C1=C\C=C(C=Cc1c(O)[nH]c(=O)n(-c2cccc(O)c2)c1=O)c1ccccc1. The normalized spacial score (nSPS) is 14.9. The number of hydrogen-bond donors (Lipinski definition) is 5. The fourth-order valence-electron chi connectivity index (χ4n) is 4.32. The van der Waals surface area contributed by atoms with Crippen molar-refractivity contribution in [1.29, 1.82) is 0 Å². The fourth-order valence-corrected chi connectivity index (χ4v) is 4.32. The van der Waals surface area contributed by atoms with E-state index < -0.39 is 35.0 Å². The van der Waals surface area contributed by atoms with Gasteiger partial charge in [0.2, 0.25) is 5.88 Å². The lowest BCUT2D eigenvalue weighted by Crippen LogP contribution is -2.54. The van der Waals surface area contributed by atoms with E-state index in [1.165, 1.54) is 72.8 Å². The number of barbiturate groups is 1. The molecule has 5 N–H and O–H groups in total. The highest BCUT2D eigenvalue weighted by Crippen LogP contribution is 2.25. The van der Waals surface area contributed by atoms with E-state index in [-0.39, 0.29) is 34.0 Å². The first-order valence-corrected chi connectivity index (χ1v) is 12.7. The Morgan fingerprint density at radius 2 is 1.42 bits per heavy atom. The average molecular weight is 579 g/mol. The lowest BCUT2D eigenvalue weighted by molar-refractivity contribution is -0.122. The summed E-state index contributed by atoms with van der Waals surface area (Å²) in [5.74, 6) is -2.94. The summed E-state index contributed by atoms with van der Waals surface area (Å²) in [6.45, 7) is 0. The van der Waals surface area contributed by atoms with Gasteiger partial charge in [-0.2, -0.15) is 0 Å². The molecule has 214 valence electrons. The number of imide groups is 2. The van der Waals surface area contributed by atoms with E-state index >= 15 is 0 Å². The predicted molar refractivity (Wildman–Crippen MR) is 157 cm³/mol. The van der Waals surface area contributed by atoms with Crippen LogP contribution in [-0.2, 0) is 9.59 Å². The highest BCUT2D eigenvalue weighted by Gasteiger charge is 2.36. The van der Waals surface area contributed by atoms with Crippen molar-refractivity contribution in [3.05, 3.63) is 135 Å². The first-order valence-electron chi connectivity index (χ1n) is 12.7. The highest BCUT2D eigenvalue weighted by atomic mass is 16.3. The van der Waals surface area contributed by atoms with Crippen LogP contribution in [0.5, 0.6) is 17.4 Å².